The zero-order valence-corrected chi connectivity index (χ0v) is 10.6. The van der Waals surface area contributed by atoms with E-state index in [0.717, 1.165) is 25.7 Å². The average molecular weight is 242 g/mol. The molecule has 0 aromatic heterocycles. The number of carboxylic acid groups (broad SMARTS) is 1. The van der Waals surface area contributed by atoms with Gasteiger partial charge in [0.2, 0.25) is 5.91 Å². The van der Waals surface area contributed by atoms with Gasteiger partial charge in [0.05, 0.1) is 5.41 Å². The van der Waals surface area contributed by atoms with Crippen molar-refractivity contribution in [3.05, 3.63) is 0 Å². The third kappa shape index (κ3) is 2.97. The Morgan fingerprint density at radius 1 is 1.35 bits per heavy atom. The van der Waals surface area contributed by atoms with Gasteiger partial charge in [-0.3, -0.25) is 9.59 Å². The molecule has 1 aliphatic carbocycles. The smallest absolute Gasteiger partial charge is 0.323 e. The molecule has 1 saturated carbocycles. The summed E-state index contributed by atoms with van der Waals surface area (Å²) >= 11 is 0. The summed E-state index contributed by atoms with van der Waals surface area (Å²) in [6.45, 7) is 3.74. The first-order valence-electron chi connectivity index (χ1n) is 6.16. The van der Waals surface area contributed by atoms with E-state index in [1.54, 1.807) is 0 Å². The Morgan fingerprint density at radius 3 is 2.24 bits per heavy atom. The number of rotatable bonds is 5. The zero-order valence-electron chi connectivity index (χ0n) is 10.6. The molecule has 0 unspecified atom stereocenters. The molecule has 1 aliphatic rings. The topological polar surface area (TPSA) is 83.6 Å². The van der Waals surface area contributed by atoms with Gasteiger partial charge in [-0.2, -0.15) is 0 Å². The van der Waals surface area contributed by atoms with Crippen LogP contribution in [-0.4, -0.2) is 41.0 Å². The van der Waals surface area contributed by atoms with Crippen molar-refractivity contribution in [2.24, 2.45) is 11.1 Å². The third-order valence-corrected chi connectivity index (χ3v) is 3.59. The normalized spacial score (nSPS) is 18.4. The monoisotopic (exact) mass is 242 g/mol. The molecule has 5 nitrogen and oxygen atoms in total. The largest absolute Gasteiger partial charge is 0.480 e. The number of aliphatic carboxylic acids is 1. The predicted molar refractivity (Wildman–Crippen MR) is 64.4 cm³/mol. The van der Waals surface area contributed by atoms with Crippen LogP contribution in [0.5, 0.6) is 0 Å². The predicted octanol–water partition coefficient (Wildman–Crippen LogP) is 0.827. The first-order valence-corrected chi connectivity index (χ1v) is 6.16. The molecule has 1 fully saturated rings. The van der Waals surface area contributed by atoms with Gasteiger partial charge >= 0.3 is 5.97 Å². The van der Waals surface area contributed by atoms with E-state index in [0.29, 0.717) is 6.54 Å². The molecule has 0 aromatic rings. The minimum absolute atomic E-state index is 0.0881. The van der Waals surface area contributed by atoms with Gasteiger partial charge < -0.3 is 15.7 Å². The Morgan fingerprint density at radius 2 is 1.88 bits per heavy atom. The number of carbonyl (C=O) groups is 2. The molecule has 0 aliphatic heterocycles. The first kappa shape index (κ1) is 14.0. The summed E-state index contributed by atoms with van der Waals surface area (Å²) in [5.74, 6) is -1.06. The molecule has 17 heavy (non-hydrogen) atoms. The maximum atomic E-state index is 12.5. The lowest BCUT2D eigenvalue weighted by Gasteiger charge is -2.35. The van der Waals surface area contributed by atoms with E-state index in [4.69, 9.17) is 10.8 Å². The van der Waals surface area contributed by atoms with E-state index in [-0.39, 0.29) is 18.5 Å². The van der Waals surface area contributed by atoms with E-state index < -0.39 is 11.4 Å². The van der Waals surface area contributed by atoms with Crippen LogP contribution >= 0.6 is 0 Å². The number of nitrogens with two attached hydrogens (primary N) is 1. The second-order valence-corrected chi connectivity index (χ2v) is 5.11. The quantitative estimate of drug-likeness (QED) is 0.748. The SMILES string of the molecule is CC(C)N(CC(=O)O)C(=O)C1(CN)CCCC1. The third-order valence-electron chi connectivity index (χ3n) is 3.59. The van der Waals surface area contributed by atoms with Gasteiger partial charge in [-0.05, 0) is 26.7 Å². The number of carboxylic acids is 1. The summed E-state index contributed by atoms with van der Waals surface area (Å²) in [7, 11) is 0. The molecular weight excluding hydrogens is 220 g/mol. The molecule has 0 radical (unpaired) electrons. The minimum atomic E-state index is -0.975. The maximum Gasteiger partial charge on any atom is 0.323 e. The van der Waals surface area contributed by atoms with Crippen molar-refractivity contribution < 1.29 is 14.7 Å². The van der Waals surface area contributed by atoms with Crippen LogP contribution in [0.15, 0.2) is 0 Å². The van der Waals surface area contributed by atoms with Gasteiger partial charge in [-0.1, -0.05) is 12.8 Å². The number of nitrogens with zero attached hydrogens (tertiary/aromatic N) is 1. The summed E-state index contributed by atoms with van der Waals surface area (Å²) in [4.78, 5) is 24.7. The molecule has 0 heterocycles. The van der Waals surface area contributed by atoms with Crippen LogP contribution in [0.2, 0.25) is 0 Å². The van der Waals surface area contributed by atoms with E-state index in [2.05, 4.69) is 0 Å². The summed E-state index contributed by atoms with van der Waals surface area (Å²) < 4.78 is 0. The van der Waals surface area contributed by atoms with Crippen LogP contribution in [0, 0.1) is 5.41 Å². The van der Waals surface area contributed by atoms with E-state index >= 15 is 0 Å². The van der Waals surface area contributed by atoms with Crippen LogP contribution < -0.4 is 5.73 Å². The van der Waals surface area contributed by atoms with Crippen LogP contribution in [0.1, 0.15) is 39.5 Å². The highest BCUT2D eigenvalue weighted by atomic mass is 16.4. The summed E-state index contributed by atoms with van der Waals surface area (Å²) in [6.07, 6.45) is 3.57. The molecule has 1 amide bonds. The van der Waals surface area contributed by atoms with Gasteiger partial charge in [-0.15, -0.1) is 0 Å². The molecule has 5 heteroatoms. The van der Waals surface area contributed by atoms with Crippen molar-refractivity contribution in [1.82, 2.24) is 4.90 Å². The highest BCUT2D eigenvalue weighted by Gasteiger charge is 2.43. The Balaban J connectivity index is 2.86. The number of amides is 1. The van der Waals surface area contributed by atoms with Gasteiger partial charge in [0, 0.05) is 12.6 Å². The lowest BCUT2D eigenvalue weighted by atomic mass is 9.84. The highest BCUT2D eigenvalue weighted by Crippen LogP contribution is 2.39. The molecule has 0 spiro atoms. The Hall–Kier alpha value is -1.10. The van der Waals surface area contributed by atoms with Gasteiger partial charge in [0.1, 0.15) is 6.54 Å². The van der Waals surface area contributed by atoms with Crippen LogP contribution in [0.3, 0.4) is 0 Å². The molecule has 3 N–H and O–H groups in total. The summed E-state index contributed by atoms with van der Waals surface area (Å²) in [5.41, 5.74) is 5.23. The van der Waals surface area contributed by atoms with Crippen molar-refractivity contribution in [3.63, 3.8) is 0 Å². The minimum Gasteiger partial charge on any atom is -0.480 e. The van der Waals surface area contributed by atoms with E-state index in [9.17, 15) is 9.59 Å². The maximum absolute atomic E-state index is 12.5. The number of hydrogen-bond donors (Lipinski definition) is 2. The van der Waals surface area contributed by atoms with Crippen molar-refractivity contribution in [1.29, 1.82) is 0 Å². The van der Waals surface area contributed by atoms with Gasteiger partial charge in [0.25, 0.3) is 0 Å². The zero-order chi connectivity index (χ0) is 13.1. The lowest BCUT2D eigenvalue weighted by Crippen LogP contribution is -2.50. The second-order valence-electron chi connectivity index (χ2n) is 5.11. The van der Waals surface area contributed by atoms with Crippen molar-refractivity contribution in [3.8, 4) is 0 Å². The fourth-order valence-corrected chi connectivity index (χ4v) is 2.50. The molecule has 0 atom stereocenters. The molecular formula is C12H22N2O3. The standard InChI is InChI=1S/C12H22N2O3/c1-9(2)14(7-10(15)16)11(17)12(8-13)5-3-4-6-12/h9H,3-8,13H2,1-2H3,(H,15,16). The molecule has 0 aromatic carbocycles. The Kier molecular flexibility index (Phi) is 4.51. The van der Waals surface area contributed by atoms with Crippen LogP contribution in [0.25, 0.3) is 0 Å². The highest BCUT2D eigenvalue weighted by molar-refractivity contribution is 5.86. The Bertz CT molecular complexity index is 296. The molecule has 98 valence electrons. The lowest BCUT2D eigenvalue weighted by molar-refractivity contribution is -0.151. The van der Waals surface area contributed by atoms with Crippen molar-refractivity contribution in [2.45, 2.75) is 45.6 Å². The number of carbonyl (C=O) groups excluding carboxylic acids is 1. The fraction of sp³-hybridized carbons (Fsp3) is 0.833. The molecule has 1 rings (SSSR count). The van der Waals surface area contributed by atoms with E-state index in [1.807, 2.05) is 13.8 Å². The van der Waals surface area contributed by atoms with E-state index in [1.165, 1.54) is 4.90 Å². The fourth-order valence-electron chi connectivity index (χ4n) is 2.50. The van der Waals surface area contributed by atoms with Crippen molar-refractivity contribution >= 4 is 11.9 Å². The second kappa shape index (κ2) is 5.49. The van der Waals surface area contributed by atoms with Gasteiger partial charge in [-0.25, -0.2) is 0 Å². The molecule has 0 saturated heterocycles. The first-order chi connectivity index (χ1) is 7.93. The molecule has 0 bridgehead atoms. The number of hydrogen-bond acceptors (Lipinski definition) is 3. The van der Waals surface area contributed by atoms with Gasteiger partial charge in [0.15, 0.2) is 0 Å². The van der Waals surface area contributed by atoms with Crippen LogP contribution in [-0.2, 0) is 9.59 Å². The van der Waals surface area contributed by atoms with Crippen molar-refractivity contribution in [2.75, 3.05) is 13.1 Å². The summed E-state index contributed by atoms with van der Waals surface area (Å²) in [5, 5.41) is 8.86. The Labute approximate surface area is 102 Å². The van der Waals surface area contributed by atoms with Crippen LogP contribution in [0.4, 0.5) is 0 Å². The average Bonchev–Trinajstić information content (AvgIpc) is 2.74. The summed E-state index contributed by atoms with van der Waals surface area (Å²) in [6, 6.07) is -0.109.